The Hall–Kier alpha value is -1.55. The molecule has 0 spiro atoms. The van der Waals surface area contributed by atoms with E-state index in [1.54, 1.807) is 6.92 Å². The molecule has 0 aliphatic rings. The first-order chi connectivity index (χ1) is 10.3. The summed E-state index contributed by atoms with van der Waals surface area (Å²) in [4.78, 5) is 10.0. The van der Waals surface area contributed by atoms with Crippen LogP contribution in [0.4, 0.5) is 24.5 Å². The summed E-state index contributed by atoms with van der Waals surface area (Å²) in [5.41, 5.74) is -2.29. The second-order valence-electron chi connectivity index (χ2n) is 5.07. The van der Waals surface area contributed by atoms with E-state index in [0.717, 1.165) is 12.3 Å². The van der Waals surface area contributed by atoms with Crippen molar-refractivity contribution in [3.63, 3.8) is 0 Å². The largest absolute Gasteiger partial charge is 0.418 e. The van der Waals surface area contributed by atoms with Gasteiger partial charge in [-0.2, -0.15) is 13.2 Å². The monoisotopic (exact) mass is 374 g/mol. The summed E-state index contributed by atoms with van der Waals surface area (Å²) in [6.45, 7) is 1.56. The fourth-order valence-electron chi connectivity index (χ4n) is 1.77. The zero-order valence-electron chi connectivity index (χ0n) is 12.1. The number of sulfone groups is 1. The van der Waals surface area contributed by atoms with Gasteiger partial charge in [0.05, 0.1) is 21.3 Å². The Bertz CT molecular complexity index is 707. The van der Waals surface area contributed by atoms with Crippen LogP contribution in [0.2, 0.25) is 5.02 Å². The van der Waals surface area contributed by atoms with E-state index in [-0.39, 0.29) is 17.9 Å². The van der Waals surface area contributed by atoms with Crippen molar-refractivity contribution in [2.24, 2.45) is 0 Å². The van der Waals surface area contributed by atoms with Gasteiger partial charge in [0.15, 0.2) is 0 Å². The van der Waals surface area contributed by atoms with Gasteiger partial charge >= 0.3 is 6.18 Å². The van der Waals surface area contributed by atoms with Gasteiger partial charge < -0.3 is 5.32 Å². The number of rotatable bonds is 6. The molecular weight excluding hydrogens is 361 g/mol. The highest BCUT2D eigenvalue weighted by Crippen LogP contribution is 2.40. The van der Waals surface area contributed by atoms with Crippen LogP contribution in [0.15, 0.2) is 12.1 Å². The number of hydrogen-bond acceptors (Lipinski definition) is 5. The molecule has 23 heavy (non-hydrogen) atoms. The summed E-state index contributed by atoms with van der Waals surface area (Å²) >= 11 is 5.55. The maximum atomic E-state index is 12.7. The summed E-state index contributed by atoms with van der Waals surface area (Å²) in [7, 11) is -3.22. The summed E-state index contributed by atoms with van der Waals surface area (Å²) in [5.74, 6) is -0.163. The zero-order chi connectivity index (χ0) is 18.0. The molecule has 0 radical (unpaired) electrons. The fourth-order valence-corrected chi connectivity index (χ4v) is 2.83. The molecule has 0 aromatic heterocycles. The lowest BCUT2D eigenvalue weighted by Crippen LogP contribution is -2.20. The first-order valence-electron chi connectivity index (χ1n) is 6.30. The third-order valence-corrected chi connectivity index (χ3v) is 4.20. The molecule has 0 heterocycles. The van der Waals surface area contributed by atoms with Gasteiger partial charge in [-0.3, -0.25) is 10.1 Å². The van der Waals surface area contributed by atoms with Crippen LogP contribution in [-0.2, 0) is 16.0 Å². The van der Waals surface area contributed by atoms with Gasteiger partial charge in [0.2, 0.25) is 0 Å². The van der Waals surface area contributed by atoms with Crippen molar-refractivity contribution in [3.05, 3.63) is 32.8 Å². The predicted octanol–water partition coefficient (Wildman–Crippen LogP) is 3.50. The van der Waals surface area contributed by atoms with Crippen LogP contribution in [0.3, 0.4) is 0 Å². The van der Waals surface area contributed by atoms with Gasteiger partial charge in [-0.05, 0) is 19.4 Å². The second kappa shape index (κ2) is 6.91. The molecule has 6 nitrogen and oxygen atoms in total. The fraction of sp³-hybridized carbons (Fsp3) is 0.500. The minimum Gasteiger partial charge on any atom is -0.377 e. The maximum absolute atomic E-state index is 12.7. The van der Waals surface area contributed by atoms with E-state index >= 15 is 0 Å². The summed E-state index contributed by atoms with van der Waals surface area (Å²) in [6, 6.07) is 0.657. The molecule has 0 amide bonds. The minimum absolute atomic E-state index is 0.134. The lowest BCUT2D eigenvalue weighted by molar-refractivity contribution is -0.384. The highest BCUT2D eigenvalue weighted by atomic mass is 35.5. The van der Waals surface area contributed by atoms with Gasteiger partial charge in [-0.25, -0.2) is 8.42 Å². The van der Waals surface area contributed by atoms with Crippen LogP contribution in [-0.4, -0.2) is 31.4 Å². The van der Waals surface area contributed by atoms with Crippen LogP contribution < -0.4 is 5.32 Å². The predicted molar refractivity (Wildman–Crippen MR) is 80.5 cm³/mol. The first-order valence-corrected chi connectivity index (χ1v) is 8.74. The Balaban J connectivity index is 3.11. The molecule has 1 aromatic carbocycles. The van der Waals surface area contributed by atoms with E-state index in [0.29, 0.717) is 6.07 Å². The van der Waals surface area contributed by atoms with Gasteiger partial charge in [0, 0.05) is 18.4 Å². The standard InChI is InChI=1S/C12H14ClF3N2O4S/c1-7(3-4-23(2,21)22)17-10-6-9(13)8(12(14,15)16)5-11(10)18(19)20/h5-7,17H,3-4H2,1-2H3. The molecule has 0 fully saturated rings. The lowest BCUT2D eigenvalue weighted by Gasteiger charge is -2.17. The highest BCUT2D eigenvalue weighted by Gasteiger charge is 2.36. The smallest absolute Gasteiger partial charge is 0.377 e. The Morgan fingerprint density at radius 1 is 1.39 bits per heavy atom. The molecule has 0 bridgehead atoms. The molecule has 1 unspecified atom stereocenters. The van der Waals surface area contributed by atoms with Crippen LogP contribution in [0.1, 0.15) is 18.9 Å². The molecule has 0 aliphatic heterocycles. The first kappa shape index (κ1) is 19.5. The number of alkyl halides is 3. The van der Waals surface area contributed by atoms with Crippen molar-refractivity contribution < 1.29 is 26.5 Å². The third kappa shape index (κ3) is 5.87. The average Bonchev–Trinajstić information content (AvgIpc) is 2.33. The highest BCUT2D eigenvalue weighted by molar-refractivity contribution is 7.90. The number of nitro groups is 1. The van der Waals surface area contributed by atoms with Crippen LogP contribution in [0, 0.1) is 10.1 Å². The zero-order valence-corrected chi connectivity index (χ0v) is 13.7. The maximum Gasteiger partial charge on any atom is 0.418 e. The molecule has 1 rings (SSSR count). The van der Waals surface area contributed by atoms with Gasteiger partial charge in [-0.1, -0.05) is 11.6 Å². The van der Waals surface area contributed by atoms with Crippen LogP contribution in [0.5, 0.6) is 0 Å². The normalized spacial score (nSPS) is 13.7. The molecule has 0 saturated carbocycles. The summed E-state index contributed by atoms with van der Waals surface area (Å²) < 4.78 is 60.4. The van der Waals surface area contributed by atoms with E-state index < -0.39 is 43.3 Å². The number of nitrogens with one attached hydrogen (secondary N) is 1. The van der Waals surface area contributed by atoms with Gasteiger partial charge in [0.25, 0.3) is 5.69 Å². The van der Waals surface area contributed by atoms with E-state index in [2.05, 4.69) is 5.32 Å². The topological polar surface area (TPSA) is 89.3 Å². The molecule has 1 aromatic rings. The van der Waals surface area contributed by atoms with Crippen LogP contribution >= 0.6 is 11.6 Å². The average molecular weight is 375 g/mol. The van der Waals surface area contributed by atoms with Gasteiger partial charge in [0.1, 0.15) is 15.5 Å². The van der Waals surface area contributed by atoms with E-state index in [1.807, 2.05) is 0 Å². The quantitative estimate of drug-likeness (QED) is 0.608. The Labute approximate surface area is 135 Å². The van der Waals surface area contributed by atoms with E-state index in [1.165, 1.54) is 0 Å². The Morgan fingerprint density at radius 2 is 1.96 bits per heavy atom. The number of nitrogens with zero attached hydrogens (tertiary/aromatic N) is 1. The molecule has 0 aliphatic carbocycles. The second-order valence-corrected chi connectivity index (χ2v) is 7.73. The Morgan fingerprint density at radius 3 is 2.39 bits per heavy atom. The number of nitro benzene ring substituents is 1. The van der Waals surface area contributed by atoms with E-state index in [4.69, 9.17) is 11.6 Å². The SMILES string of the molecule is CC(CCS(C)(=O)=O)Nc1cc(Cl)c(C(F)(F)F)cc1[N+](=O)[O-]. The third-order valence-electron chi connectivity index (χ3n) is 2.91. The van der Waals surface area contributed by atoms with E-state index in [9.17, 15) is 31.7 Å². The van der Waals surface area contributed by atoms with Crippen molar-refractivity contribution in [1.29, 1.82) is 0 Å². The van der Waals surface area contributed by atoms with Crippen molar-refractivity contribution in [2.75, 3.05) is 17.3 Å². The molecule has 130 valence electrons. The van der Waals surface area contributed by atoms with Crippen molar-refractivity contribution >= 4 is 32.8 Å². The van der Waals surface area contributed by atoms with Gasteiger partial charge in [-0.15, -0.1) is 0 Å². The molecule has 0 saturated heterocycles. The number of halogens is 4. The summed E-state index contributed by atoms with van der Waals surface area (Å²) in [6.07, 6.45) is -3.64. The van der Waals surface area contributed by atoms with Crippen LogP contribution in [0.25, 0.3) is 0 Å². The molecule has 11 heteroatoms. The molecule has 1 N–H and O–H groups in total. The van der Waals surface area contributed by atoms with Crippen molar-refractivity contribution in [3.8, 4) is 0 Å². The van der Waals surface area contributed by atoms with Crippen molar-refractivity contribution in [2.45, 2.75) is 25.6 Å². The van der Waals surface area contributed by atoms with Crippen molar-refractivity contribution in [1.82, 2.24) is 0 Å². The number of benzene rings is 1. The lowest BCUT2D eigenvalue weighted by atomic mass is 10.1. The minimum atomic E-state index is -4.82. The summed E-state index contributed by atoms with van der Waals surface area (Å²) in [5, 5.41) is 12.9. The Kier molecular flexibility index (Phi) is 5.86. The molecule has 1 atom stereocenters. The molecular formula is C12H14ClF3N2O4S. The number of hydrogen-bond donors (Lipinski definition) is 1. The number of anilines is 1.